The Morgan fingerprint density at radius 3 is 2.21 bits per heavy atom. The lowest BCUT2D eigenvalue weighted by molar-refractivity contribution is -0.0795. The molecule has 0 aromatic heterocycles. The highest BCUT2D eigenvalue weighted by atomic mass is 16.5. The summed E-state index contributed by atoms with van der Waals surface area (Å²) in [6.45, 7) is 10.7. The number of nitrogens with zero attached hydrogens (tertiary/aromatic N) is 1. The van der Waals surface area contributed by atoms with Crippen molar-refractivity contribution in [3.63, 3.8) is 0 Å². The van der Waals surface area contributed by atoms with Crippen molar-refractivity contribution in [2.75, 3.05) is 13.1 Å². The Hall–Kier alpha value is -0.120. The minimum Gasteiger partial charge on any atom is -0.373 e. The molecule has 3 nitrogen and oxygen atoms in total. The van der Waals surface area contributed by atoms with E-state index in [0.29, 0.717) is 24.3 Å². The van der Waals surface area contributed by atoms with Crippen molar-refractivity contribution in [2.45, 2.75) is 58.4 Å². The molecule has 0 aromatic rings. The fraction of sp³-hybridized carbons (Fsp3) is 1.00. The molecule has 2 unspecified atom stereocenters. The van der Waals surface area contributed by atoms with E-state index in [-0.39, 0.29) is 0 Å². The minimum absolute atomic E-state index is 0.290. The normalized spacial score (nSPS) is 34.1. The Kier molecular flexibility index (Phi) is 4.35. The van der Waals surface area contributed by atoms with Crippen molar-refractivity contribution in [1.29, 1.82) is 0 Å². The fourth-order valence-corrected chi connectivity index (χ4v) is 2.26. The van der Waals surface area contributed by atoms with Crippen molar-refractivity contribution >= 4 is 0 Å². The van der Waals surface area contributed by atoms with Gasteiger partial charge in [0, 0.05) is 25.2 Å². The second-order valence-electron chi connectivity index (χ2n) is 4.77. The molecule has 1 heterocycles. The van der Waals surface area contributed by atoms with E-state index < -0.39 is 0 Å². The third-order valence-electron chi connectivity index (χ3n) is 2.78. The highest BCUT2D eigenvalue weighted by Gasteiger charge is 2.25. The monoisotopic (exact) mass is 200 g/mol. The Morgan fingerprint density at radius 2 is 1.79 bits per heavy atom. The number of morpholine rings is 1. The van der Waals surface area contributed by atoms with E-state index in [1.165, 1.54) is 0 Å². The summed E-state index contributed by atoms with van der Waals surface area (Å²) in [5, 5.41) is 0. The van der Waals surface area contributed by atoms with Crippen LogP contribution in [0.25, 0.3) is 0 Å². The van der Waals surface area contributed by atoms with Crippen LogP contribution in [-0.2, 0) is 4.74 Å². The number of ether oxygens (including phenoxy) is 1. The van der Waals surface area contributed by atoms with E-state index >= 15 is 0 Å². The Morgan fingerprint density at radius 1 is 1.29 bits per heavy atom. The first-order valence-electron chi connectivity index (χ1n) is 5.64. The van der Waals surface area contributed by atoms with Gasteiger partial charge in [-0.25, -0.2) is 0 Å². The molecule has 0 aromatic carbocycles. The molecule has 0 amide bonds. The Labute approximate surface area is 87.6 Å². The van der Waals surface area contributed by atoms with Crippen LogP contribution >= 0.6 is 0 Å². The lowest BCUT2D eigenvalue weighted by Gasteiger charge is -2.39. The lowest BCUT2D eigenvalue weighted by Crippen LogP contribution is -2.50. The van der Waals surface area contributed by atoms with Gasteiger partial charge in [0.1, 0.15) is 0 Å². The van der Waals surface area contributed by atoms with Crippen LogP contribution in [0.4, 0.5) is 0 Å². The van der Waals surface area contributed by atoms with Crippen molar-refractivity contribution in [3.8, 4) is 0 Å². The second kappa shape index (κ2) is 5.10. The van der Waals surface area contributed by atoms with Crippen LogP contribution in [0.2, 0.25) is 0 Å². The van der Waals surface area contributed by atoms with Gasteiger partial charge < -0.3 is 10.5 Å². The average molecular weight is 200 g/mol. The molecule has 1 saturated heterocycles. The van der Waals surface area contributed by atoms with Gasteiger partial charge in [-0.2, -0.15) is 0 Å². The molecule has 0 radical (unpaired) electrons. The first-order valence-corrected chi connectivity index (χ1v) is 5.64. The van der Waals surface area contributed by atoms with Crippen LogP contribution in [0.5, 0.6) is 0 Å². The van der Waals surface area contributed by atoms with E-state index in [4.69, 9.17) is 10.5 Å². The molecule has 1 rings (SSSR count). The minimum atomic E-state index is 0.290. The standard InChI is InChI=1S/C11H24N2O/c1-8(12)5-9(2)13-6-10(3)14-11(4)7-13/h8-11H,5-7,12H2,1-4H3/t8?,9?,10-,11+. The fourth-order valence-electron chi connectivity index (χ4n) is 2.26. The van der Waals surface area contributed by atoms with Crippen LogP contribution in [0.1, 0.15) is 34.1 Å². The topological polar surface area (TPSA) is 38.5 Å². The van der Waals surface area contributed by atoms with Crippen molar-refractivity contribution in [2.24, 2.45) is 5.73 Å². The highest BCUT2D eigenvalue weighted by Crippen LogP contribution is 2.15. The summed E-state index contributed by atoms with van der Waals surface area (Å²) in [5.41, 5.74) is 5.81. The second-order valence-corrected chi connectivity index (χ2v) is 4.77. The first kappa shape index (κ1) is 12.0. The molecule has 0 spiro atoms. The molecular weight excluding hydrogens is 176 g/mol. The van der Waals surface area contributed by atoms with Crippen molar-refractivity contribution < 1.29 is 4.74 Å². The molecule has 0 bridgehead atoms. The van der Waals surface area contributed by atoms with Gasteiger partial charge in [0.2, 0.25) is 0 Å². The summed E-state index contributed by atoms with van der Waals surface area (Å²) in [4.78, 5) is 2.49. The molecule has 0 saturated carbocycles. The van der Waals surface area contributed by atoms with Gasteiger partial charge in [-0.05, 0) is 34.1 Å². The smallest absolute Gasteiger partial charge is 0.0678 e. The van der Waals surface area contributed by atoms with Crippen LogP contribution < -0.4 is 5.73 Å². The van der Waals surface area contributed by atoms with Gasteiger partial charge in [-0.3, -0.25) is 4.90 Å². The molecule has 1 aliphatic heterocycles. The largest absolute Gasteiger partial charge is 0.373 e. The first-order chi connectivity index (χ1) is 6.49. The van der Waals surface area contributed by atoms with Gasteiger partial charge in [-0.15, -0.1) is 0 Å². The maximum Gasteiger partial charge on any atom is 0.0678 e. The third kappa shape index (κ3) is 3.56. The lowest BCUT2D eigenvalue weighted by atomic mass is 10.1. The number of hydrogen-bond donors (Lipinski definition) is 1. The van der Waals surface area contributed by atoms with E-state index in [9.17, 15) is 0 Å². The quantitative estimate of drug-likeness (QED) is 0.744. The van der Waals surface area contributed by atoms with Crippen LogP contribution in [0, 0.1) is 0 Å². The predicted molar refractivity (Wildman–Crippen MR) is 59.3 cm³/mol. The molecule has 0 aliphatic carbocycles. The van der Waals surface area contributed by atoms with Crippen molar-refractivity contribution in [3.05, 3.63) is 0 Å². The molecule has 14 heavy (non-hydrogen) atoms. The van der Waals surface area contributed by atoms with Crippen LogP contribution in [-0.4, -0.2) is 42.3 Å². The van der Waals surface area contributed by atoms with Gasteiger partial charge in [0.15, 0.2) is 0 Å². The summed E-state index contributed by atoms with van der Waals surface area (Å²) in [6, 6.07) is 0.863. The van der Waals surface area contributed by atoms with Gasteiger partial charge in [0.25, 0.3) is 0 Å². The van der Waals surface area contributed by atoms with Crippen LogP contribution in [0.3, 0.4) is 0 Å². The maximum absolute atomic E-state index is 5.81. The van der Waals surface area contributed by atoms with Crippen molar-refractivity contribution in [1.82, 2.24) is 4.90 Å². The van der Waals surface area contributed by atoms with Crippen LogP contribution in [0.15, 0.2) is 0 Å². The Bertz CT molecular complexity index is 163. The zero-order valence-electron chi connectivity index (χ0n) is 9.86. The van der Waals surface area contributed by atoms with E-state index in [1.807, 2.05) is 0 Å². The summed E-state index contributed by atoms with van der Waals surface area (Å²) in [5.74, 6) is 0. The molecule has 1 aliphatic rings. The zero-order chi connectivity index (χ0) is 10.7. The highest BCUT2D eigenvalue weighted by molar-refractivity contribution is 4.79. The molecule has 1 fully saturated rings. The average Bonchev–Trinajstić information content (AvgIpc) is 2.00. The SMILES string of the molecule is CC(N)CC(C)N1C[C@@H](C)O[C@@H](C)C1. The predicted octanol–water partition coefficient (Wildman–Crippen LogP) is 1.22. The number of rotatable bonds is 3. The van der Waals surface area contributed by atoms with Gasteiger partial charge in [-0.1, -0.05) is 0 Å². The number of hydrogen-bond acceptors (Lipinski definition) is 3. The third-order valence-corrected chi connectivity index (χ3v) is 2.78. The summed E-state index contributed by atoms with van der Waals surface area (Å²) in [6.07, 6.45) is 1.78. The van der Waals surface area contributed by atoms with E-state index in [2.05, 4.69) is 32.6 Å². The maximum atomic E-state index is 5.81. The molecule has 4 atom stereocenters. The molecule has 2 N–H and O–H groups in total. The summed E-state index contributed by atoms with van der Waals surface area (Å²) >= 11 is 0. The van der Waals surface area contributed by atoms with Gasteiger partial charge in [0.05, 0.1) is 12.2 Å². The number of nitrogens with two attached hydrogens (primary N) is 1. The van der Waals surface area contributed by atoms with E-state index in [1.54, 1.807) is 0 Å². The molecular formula is C11H24N2O. The van der Waals surface area contributed by atoms with E-state index in [0.717, 1.165) is 19.5 Å². The molecule has 3 heteroatoms. The summed E-state index contributed by atoms with van der Waals surface area (Å²) in [7, 11) is 0. The summed E-state index contributed by atoms with van der Waals surface area (Å²) < 4.78 is 5.70. The Balaban J connectivity index is 2.42. The molecule has 84 valence electrons. The van der Waals surface area contributed by atoms with Gasteiger partial charge >= 0.3 is 0 Å². The zero-order valence-corrected chi connectivity index (χ0v) is 9.86.